The third kappa shape index (κ3) is 5.38. The van der Waals surface area contributed by atoms with E-state index in [4.69, 9.17) is 0 Å². The van der Waals surface area contributed by atoms with Crippen molar-refractivity contribution in [3.05, 3.63) is 192 Å². The molecule has 10 rings (SSSR count). The molecule has 266 valence electrons. The molecule has 10 aromatic rings. The summed E-state index contributed by atoms with van der Waals surface area (Å²) in [5.74, 6) is 0. The molecule has 0 saturated heterocycles. The Hall–Kier alpha value is -8.68. The fraction of sp³-hybridized carbons (Fsp3) is 0. The molecule has 0 amide bonds. The molecule has 0 bridgehead atoms. The van der Waals surface area contributed by atoms with Gasteiger partial charge in [-0.25, -0.2) is 0 Å². The van der Waals surface area contributed by atoms with Gasteiger partial charge in [0.05, 0.1) is 80.0 Å². The Morgan fingerprint density at radius 3 is 1.21 bits per heavy atom. The second-order valence-corrected chi connectivity index (χ2v) is 14.2. The highest BCUT2D eigenvalue weighted by Crippen LogP contribution is 2.42. The summed E-state index contributed by atoms with van der Waals surface area (Å²) in [7, 11) is 0. The predicted octanol–water partition coefficient (Wildman–Crippen LogP) is 12.4. The summed E-state index contributed by atoms with van der Waals surface area (Å²) in [6, 6.07) is 65.5. The summed E-state index contributed by atoms with van der Waals surface area (Å²) in [4.78, 5) is 0. The lowest BCUT2D eigenvalue weighted by atomic mass is 9.96. The average molecular weight is 737 g/mol. The maximum absolute atomic E-state index is 10.8. The first-order valence-corrected chi connectivity index (χ1v) is 18.7. The Morgan fingerprint density at radius 2 is 0.724 bits per heavy atom. The van der Waals surface area contributed by atoms with Gasteiger partial charge < -0.3 is 9.13 Å². The summed E-state index contributed by atoms with van der Waals surface area (Å²) in [6.07, 6.45) is 0. The largest absolute Gasteiger partial charge is 0.307 e. The van der Waals surface area contributed by atoms with E-state index in [0.717, 1.165) is 88.4 Å². The van der Waals surface area contributed by atoms with Gasteiger partial charge in [-0.2, -0.15) is 21.0 Å². The highest BCUT2D eigenvalue weighted by Gasteiger charge is 2.23. The number of hydrogen-bond donors (Lipinski definition) is 0. The molecule has 8 aromatic carbocycles. The number of hydrogen-bond acceptors (Lipinski definition) is 4. The molecule has 0 fully saturated rings. The van der Waals surface area contributed by atoms with Gasteiger partial charge in [-0.15, -0.1) is 0 Å². The maximum Gasteiger partial charge on any atom is 0.0998 e. The van der Waals surface area contributed by atoms with Gasteiger partial charge in [0, 0.05) is 27.1 Å². The van der Waals surface area contributed by atoms with Crippen LogP contribution < -0.4 is 0 Å². The van der Waals surface area contributed by atoms with Gasteiger partial charge in [-0.3, -0.25) is 0 Å². The van der Waals surface area contributed by atoms with E-state index in [0.29, 0.717) is 22.3 Å². The molecule has 2 aromatic heterocycles. The molecule has 6 heteroatoms. The van der Waals surface area contributed by atoms with Gasteiger partial charge in [-0.1, -0.05) is 84.9 Å². The molecule has 0 N–H and O–H groups in total. The molecule has 0 atom stereocenters. The molecule has 0 aliphatic carbocycles. The topological polar surface area (TPSA) is 105 Å². The molecule has 58 heavy (non-hydrogen) atoms. The minimum absolute atomic E-state index is 0.477. The zero-order valence-electron chi connectivity index (χ0n) is 30.8. The van der Waals surface area contributed by atoms with Gasteiger partial charge in [0.2, 0.25) is 0 Å². The Labute approximate surface area is 333 Å². The molecular weight excluding hydrogens is 709 g/mol. The number of para-hydroxylation sites is 2. The lowest BCUT2D eigenvalue weighted by Gasteiger charge is -2.19. The van der Waals surface area contributed by atoms with Crippen molar-refractivity contribution in [2.75, 3.05) is 0 Å². The molecule has 0 radical (unpaired) electrons. The smallest absolute Gasteiger partial charge is 0.0998 e. The van der Waals surface area contributed by atoms with E-state index >= 15 is 0 Å². The summed E-state index contributed by atoms with van der Waals surface area (Å²) in [5, 5.41) is 44.1. The molecule has 0 aliphatic rings. The van der Waals surface area contributed by atoms with Crippen molar-refractivity contribution < 1.29 is 0 Å². The van der Waals surface area contributed by atoms with Crippen LogP contribution >= 0.6 is 0 Å². The lowest BCUT2D eigenvalue weighted by Crippen LogP contribution is -2.05. The number of rotatable bonds is 5. The van der Waals surface area contributed by atoms with Gasteiger partial charge >= 0.3 is 0 Å². The Kier molecular flexibility index (Phi) is 7.92. The van der Waals surface area contributed by atoms with Crippen LogP contribution in [0.15, 0.2) is 170 Å². The minimum Gasteiger partial charge on any atom is -0.307 e. The SMILES string of the molecule is N#Cc1cccc(-c2ccc3c(c2)c2ccccc2n3-c2cc(C#N)c(-c3cccc(C#N)c3)cc2-n2c3ccccc3c3cc(-c4cccc(C#N)c4)ccc32)c1. The number of aromatic nitrogens is 2. The van der Waals surface area contributed by atoms with E-state index in [1.165, 1.54) is 0 Å². The Bertz CT molecular complexity index is 3520. The second kappa shape index (κ2) is 13.6. The predicted molar refractivity (Wildman–Crippen MR) is 230 cm³/mol. The van der Waals surface area contributed by atoms with Gasteiger partial charge in [-0.05, 0) is 113 Å². The second-order valence-electron chi connectivity index (χ2n) is 14.2. The number of nitriles is 4. The summed E-state index contributed by atoms with van der Waals surface area (Å²) < 4.78 is 4.52. The van der Waals surface area contributed by atoms with E-state index < -0.39 is 0 Å². The van der Waals surface area contributed by atoms with Crippen molar-refractivity contribution in [3.63, 3.8) is 0 Å². The van der Waals surface area contributed by atoms with Crippen LogP contribution in [-0.4, -0.2) is 9.13 Å². The van der Waals surface area contributed by atoms with Crippen LogP contribution in [0.5, 0.6) is 0 Å². The van der Waals surface area contributed by atoms with Crippen LogP contribution in [0.4, 0.5) is 0 Å². The summed E-state index contributed by atoms with van der Waals surface area (Å²) >= 11 is 0. The first-order chi connectivity index (χ1) is 28.6. The molecule has 0 aliphatic heterocycles. The normalized spacial score (nSPS) is 11.0. The van der Waals surface area contributed by atoms with Crippen molar-refractivity contribution >= 4 is 43.6 Å². The minimum atomic E-state index is 0.477. The fourth-order valence-corrected chi connectivity index (χ4v) is 8.38. The van der Waals surface area contributed by atoms with Crippen molar-refractivity contribution in [2.24, 2.45) is 0 Å². The monoisotopic (exact) mass is 736 g/mol. The zero-order valence-corrected chi connectivity index (χ0v) is 30.8. The van der Waals surface area contributed by atoms with Crippen LogP contribution in [0.2, 0.25) is 0 Å². The number of benzene rings is 8. The van der Waals surface area contributed by atoms with E-state index in [9.17, 15) is 21.0 Å². The molecule has 2 heterocycles. The van der Waals surface area contributed by atoms with Crippen molar-refractivity contribution in [1.29, 1.82) is 21.0 Å². The first kappa shape index (κ1) is 33.9. The highest BCUT2D eigenvalue weighted by molar-refractivity contribution is 6.13. The molecule has 0 saturated carbocycles. The van der Waals surface area contributed by atoms with E-state index in [1.807, 2.05) is 97.1 Å². The fourth-order valence-electron chi connectivity index (χ4n) is 8.38. The van der Waals surface area contributed by atoms with Gasteiger partial charge in [0.1, 0.15) is 0 Å². The van der Waals surface area contributed by atoms with Crippen LogP contribution in [0, 0.1) is 45.3 Å². The van der Waals surface area contributed by atoms with Gasteiger partial charge in [0.25, 0.3) is 0 Å². The third-order valence-electron chi connectivity index (χ3n) is 11.0. The average Bonchev–Trinajstić information content (AvgIpc) is 3.80. The van der Waals surface area contributed by atoms with Crippen molar-refractivity contribution in [2.45, 2.75) is 0 Å². The summed E-state index contributed by atoms with van der Waals surface area (Å²) in [6.45, 7) is 0. The van der Waals surface area contributed by atoms with Crippen LogP contribution in [0.25, 0.3) is 88.4 Å². The van der Waals surface area contributed by atoms with E-state index in [-0.39, 0.29) is 0 Å². The molecular formula is C52H28N6. The quantitative estimate of drug-likeness (QED) is 0.175. The lowest BCUT2D eigenvalue weighted by molar-refractivity contribution is 1.09. The Morgan fingerprint density at radius 1 is 0.310 bits per heavy atom. The molecule has 6 nitrogen and oxygen atoms in total. The van der Waals surface area contributed by atoms with E-state index in [1.54, 1.807) is 6.07 Å². The highest BCUT2D eigenvalue weighted by atomic mass is 15.1. The Balaban J connectivity index is 1.31. The van der Waals surface area contributed by atoms with Crippen LogP contribution in [-0.2, 0) is 0 Å². The van der Waals surface area contributed by atoms with Crippen molar-refractivity contribution in [3.8, 4) is 69.0 Å². The first-order valence-electron chi connectivity index (χ1n) is 18.7. The van der Waals surface area contributed by atoms with Gasteiger partial charge in [0.15, 0.2) is 0 Å². The zero-order chi connectivity index (χ0) is 39.3. The number of fused-ring (bicyclic) bond motifs is 6. The number of nitrogens with zero attached hydrogens (tertiary/aromatic N) is 6. The molecule has 0 unspecified atom stereocenters. The standard InChI is InChI=1S/C52H28N6/c53-29-33-8-5-11-36(22-33)38-18-20-49-45(25-38)42-14-1-3-16-47(42)57(49)51-27-41(32-56)44(40-13-7-10-35(24-40)31-55)28-52(51)58-48-17-4-2-15-43(48)46-26-39(19-21-50(46)58)37-12-6-9-34(23-37)30-54/h1-28H. The third-order valence-corrected chi connectivity index (χ3v) is 11.0. The maximum atomic E-state index is 10.8. The van der Waals surface area contributed by atoms with Crippen molar-refractivity contribution in [1.82, 2.24) is 9.13 Å². The van der Waals surface area contributed by atoms with E-state index in [2.05, 4.69) is 100 Å². The summed E-state index contributed by atoms with van der Waals surface area (Å²) in [5.41, 5.74) is 13.2. The molecule has 0 spiro atoms. The van der Waals surface area contributed by atoms with Crippen LogP contribution in [0.3, 0.4) is 0 Å². The van der Waals surface area contributed by atoms with Crippen LogP contribution in [0.1, 0.15) is 22.3 Å².